The number of aromatic nitrogens is 1. The number of nitrogens with zero attached hydrogens (tertiary/aromatic N) is 1. The molecule has 0 spiro atoms. The molecule has 5 heteroatoms. The molecule has 0 bridgehead atoms. The summed E-state index contributed by atoms with van der Waals surface area (Å²) in [5.41, 5.74) is 6.63. The number of benzene rings is 1. The maximum atomic E-state index is 11.9. The van der Waals surface area contributed by atoms with E-state index in [2.05, 4.69) is 10.3 Å². The van der Waals surface area contributed by atoms with Crippen molar-refractivity contribution < 1.29 is 9.53 Å². The van der Waals surface area contributed by atoms with Gasteiger partial charge in [0.2, 0.25) is 0 Å². The van der Waals surface area contributed by atoms with Gasteiger partial charge in [0.05, 0.1) is 12.2 Å². The summed E-state index contributed by atoms with van der Waals surface area (Å²) < 4.78 is 5.33. The molecular formula is C14H15N3O2. The van der Waals surface area contributed by atoms with Gasteiger partial charge in [0.25, 0.3) is 5.91 Å². The van der Waals surface area contributed by atoms with E-state index in [1.54, 1.807) is 36.4 Å². The second-order valence-corrected chi connectivity index (χ2v) is 3.88. The van der Waals surface area contributed by atoms with Crippen molar-refractivity contribution in [2.45, 2.75) is 6.92 Å². The highest BCUT2D eigenvalue weighted by atomic mass is 16.5. The van der Waals surface area contributed by atoms with Gasteiger partial charge in [0, 0.05) is 11.9 Å². The van der Waals surface area contributed by atoms with E-state index in [9.17, 15) is 4.79 Å². The van der Waals surface area contributed by atoms with Crippen LogP contribution < -0.4 is 15.8 Å². The van der Waals surface area contributed by atoms with E-state index in [0.29, 0.717) is 23.7 Å². The molecule has 0 saturated heterocycles. The summed E-state index contributed by atoms with van der Waals surface area (Å²) in [5, 5.41) is 2.77. The van der Waals surface area contributed by atoms with Crippen LogP contribution >= 0.6 is 0 Å². The molecule has 1 aromatic carbocycles. The molecule has 0 fully saturated rings. The fourth-order valence-electron chi connectivity index (χ4n) is 1.54. The number of carbonyl (C=O) groups is 1. The first-order valence-electron chi connectivity index (χ1n) is 5.95. The Labute approximate surface area is 111 Å². The van der Waals surface area contributed by atoms with E-state index >= 15 is 0 Å². The zero-order chi connectivity index (χ0) is 13.7. The number of hydrogen-bond acceptors (Lipinski definition) is 4. The SMILES string of the molecule is CCOc1ccc(NC(=O)c2ccc(N)nc2)cc1. The first kappa shape index (κ1) is 12.9. The number of ether oxygens (including phenoxy) is 1. The molecule has 0 aliphatic heterocycles. The highest BCUT2D eigenvalue weighted by Gasteiger charge is 2.06. The van der Waals surface area contributed by atoms with E-state index in [1.165, 1.54) is 6.20 Å². The number of pyridine rings is 1. The quantitative estimate of drug-likeness (QED) is 0.881. The smallest absolute Gasteiger partial charge is 0.257 e. The normalized spacial score (nSPS) is 9.95. The van der Waals surface area contributed by atoms with Crippen LogP contribution in [0.1, 0.15) is 17.3 Å². The summed E-state index contributed by atoms with van der Waals surface area (Å²) in [6.45, 7) is 2.53. The zero-order valence-corrected chi connectivity index (χ0v) is 10.6. The van der Waals surface area contributed by atoms with Crippen molar-refractivity contribution in [3.63, 3.8) is 0 Å². The Morgan fingerprint density at radius 3 is 2.58 bits per heavy atom. The Bertz CT molecular complexity index is 550. The predicted molar refractivity (Wildman–Crippen MR) is 74.2 cm³/mol. The van der Waals surface area contributed by atoms with Crippen LogP contribution in [0.25, 0.3) is 0 Å². The number of carbonyl (C=O) groups excluding carboxylic acids is 1. The van der Waals surface area contributed by atoms with Gasteiger partial charge >= 0.3 is 0 Å². The third-order valence-electron chi connectivity index (χ3n) is 2.47. The molecule has 1 amide bonds. The molecule has 0 radical (unpaired) electrons. The summed E-state index contributed by atoms with van der Waals surface area (Å²) in [7, 11) is 0. The van der Waals surface area contributed by atoms with Crippen LogP contribution in [0.5, 0.6) is 5.75 Å². The van der Waals surface area contributed by atoms with E-state index in [0.717, 1.165) is 5.75 Å². The van der Waals surface area contributed by atoms with Crippen LogP contribution in [-0.4, -0.2) is 17.5 Å². The van der Waals surface area contributed by atoms with Gasteiger partial charge in [-0.1, -0.05) is 0 Å². The maximum Gasteiger partial charge on any atom is 0.257 e. The molecule has 5 nitrogen and oxygen atoms in total. The summed E-state index contributed by atoms with van der Waals surface area (Å²) in [6, 6.07) is 10.4. The zero-order valence-electron chi connectivity index (χ0n) is 10.6. The number of amides is 1. The number of hydrogen-bond donors (Lipinski definition) is 2. The fourth-order valence-corrected chi connectivity index (χ4v) is 1.54. The standard InChI is InChI=1S/C14H15N3O2/c1-2-19-12-6-4-11(5-7-12)17-14(18)10-3-8-13(15)16-9-10/h3-9H,2H2,1H3,(H2,15,16)(H,17,18). The second kappa shape index (κ2) is 5.86. The van der Waals surface area contributed by atoms with Crippen LogP contribution in [0.4, 0.5) is 11.5 Å². The number of nitrogens with two attached hydrogens (primary N) is 1. The van der Waals surface area contributed by atoms with E-state index in [1.807, 2.05) is 6.92 Å². The molecule has 1 aromatic heterocycles. The summed E-state index contributed by atoms with van der Waals surface area (Å²) >= 11 is 0. The van der Waals surface area contributed by atoms with Crippen molar-refractivity contribution in [1.82, 2.24) is 4.98 Å². The average molecular weight is 257 g/mol. The summed E-state index contributed by atoms with van der Waals surface area (Å²) in [5.74, 6) is 0.934. The lowest BCUT2D eigenvalue weighted by atomic mass is 10.2. The topological polar surface area (TPSA) is 77.2 Å². The van der Waals surface area contributed by atoms with E-state index in [-0.39, 0.29) is 5.91 Å². The van der Waals surface area contributed by atoms with Gasteiger partial charge < -0.3 is 15.8 Å². The first-order chi connectivity index (χ1) is 9.19. The molecule has 98 valence electrons. The van der Waals surface area contributed by atoms with E-state index in [4.69, 9.17) is 10.5 Å². The Morgan fingerprint density at radius 1 is 1.26 bits per heavy atom. The molecule has 0 unspecified atom stereocenters. The number of anilines is 2. The average Bonchev–Trinajstić information content (AvgIpc) is 2.42. The molecule has 0 saturated carbocycles. The largest absolute Gasteiger partial charge is 0.494 e. The molecule has 19 heavy (non-hydrogen) atoms. The highest BCUT2D eigenvalue weighted by molar-refractivity contribution is 6.04. The molecule has 3 N–H and O–H groups in total. The fraction of sp³-hybridized carbons (Fsp3) is 0.143. The molecule has 0 atom stereocenters. The lowest BCUT2D eigenvalue weighted by molar-refractivity contribution is 0.102. The van der Waals surface area contributed by atoms with Gasteiger partial charge in [0.1, 0.15) is 11.6 Å². The Morgan fingerprint density at radius 2 is 2.00 bits per heavy atom. The molecular weight excluding hydrogens is 242 g/mol. The van der Waals surface area contributed by atoms with Crippen molar-refractivity contribution >= 4 is 17.4 Å². The highest BCUT2D eigenvalue weighted by Crippen LogP contribution is 2.16. The summed E-state index contributed by atoms with van der Waals surface area (Å²) in [4.78, 5) is 15.8. The summed E-state index contributed by atoms with van der Waals surface area (Å²) in [6.07, 6.45) is 1.44. The van der Waals surface area contributed by atoms with Crippen molar-refractivity contribution in [3.8, 4) is 5.75 Å². The molecule has 0 aliphatic rings. The van der Waals surface area contributed by atoms with Crippen molar-refractivity contribution in [3.05, 3.63) is 48.2 Å². The van der Waals surface area contributed by atoms with Gasteiger partial charge in [-0.05, 0) is 43.3 Å². The van der Waals surface area contributed by atoms with Crippen LogP contribution in [-0.2, 0) is 0 Å². The van der Waals surface area contributed by atoms with Crippen molar-refractivity contribution in [2.75, 3.05) is 17.7 Å². The minimum absolute atomic E-state index is 0.225. The van der Waals surface area contributed by atoms with Gasteiger partial charge in [0.15, 0.2) is 0 Å². The lowest BCUT2D eigenvalue weighted by Crippen LogP contribution is -2.12. The van der Waals surface area contributed by atoms with Crippen LogP contribution in [0.15, 0.2) is 42.6 Å². The van der Waals surface area contributed by atoms with E-state index < -0.39 is 0 Å². The van der Waals surface area contributed by atoms with Crippen molar-refractivity contribution in [1.29, 1.82) is 0 Å². The molecule has 1 heterocycles. The van der Waals surface area contributed by atoms with Crippen LogP contribution in [0.3, 0.4) is 0 Å². The number of rotatable bonds is 4. The number of nitrogens with one attached hydrogen (secondary N) is 1. The molecule has 2 rings (SSSR count). The maximum absolute atomic E-state index is 11.9. The molecule has 2 aromatic rings. The Balaban J connectivity index is 2.04. The third kappa shape index (κ3) is 3.45. The van der Waals surface area contributed by atoms with Gasteiger partial charge in [-0.15, -0.1) is 0 Å². The van der Waals surface area contributed by atoms with Gasteiger partial charge in [-0.2, -0.15) is 0 Å². The third-order valence-corrected chi connectivity index (χ3v) is 2.47. The second-order valence-electron chi connectivity index (χ2n) is 3.88. The van der Waals surface area contributed by atoms with Crippen molar-refractivity contribution in [2.24, 2.45) is 0 Å². The van der Waals surface area contributed by atoms with Gasteiger partial charge in [-0.25, -0.2) is 4.98 Å². The minimum atomic E-state index is -0.225. The van der Waals surface area contributed by atoms with Crippen LogP contribution in [0, 0.1) is 0 Å². The Hall–Kier alpha value is -2.56. The first-order valence-corrected chi connectivity index (χ1v) is 5.95. The Kier molecular flexibility index (Phi) is 3.97. The molecule has 0 aliphatic carbocycles. The minimum Gasteiger partial charge on any atom is -0.494 e. The monoisotopic (exact) mass is 257 g/mol. The van der Waals surface area contributed by atoms with Gasteiger partial charge in [-0.3, -0.25) is 4.79 Å². The lowest BCUT2D eigenvalue weighted by Gasteiger charge is -2.07. The number of nitrogen functional groups attached to an aromatic ring is 1. The van der Waals surface area contributed by atoms with Crippen LogP contribution in [0.2, 0.25) is 0 Å². The predicted octanol–water partition coefficient (Wildman–Crippen LogP) is 2.31.